The van der Waals surface area contributed by atoms with E-state index in [0.29, 0.717) is 0 Å². The van der Waals surface area contributed by atoms with Crippen molar-refractivity contribution < 1.29 is 9.47 Å². The number of halogens is 2. The van der Waals surface area contributed by atoms with Crippen LogP contribution >= 0.6 is 24.0 Å². The zero-order valence-electron chi connectivity index (χ0n) is 11.8. The Hall–Kier alpha value is -0.640. The molecule has 0 amide bonds. The number of benzene rings is 1. The van der Waals surface area contributed by atoms with E-state index in [1.165, 1.54) is 5.56 Å². The van der Waals surface area contributed by atoms with Gasteiger partial charge in [-0.05, 0) is 44.1 Å². The van der Waals surface area contributed by atoms with Crippen molar-refractivity contribution in [1.29, 1.82) is 0 Å². The van der Waals surface area contributed by atoms with E-state index in [0.717, 1.165) is 43.3 Å². The van der Waals surface area contributed by atoms with Gasteiger partial charge in [0.1, 0.15) is 0 Å². The lowest BCUT2D eigenvalue weighted by atomic mass is 10.1. The Bertz CT molecular complexity index is 361. The Labute approximate surface area is 127 Å². The minimum absolute atomic E-state index is 0. The number of rotatable bonds is 8. The molecule has 19 heavy (non-hydrogen) atoms. The molecular formula is C14H23Cl2NO2. The van der Waals surface area contributed by atoms with Gasteiger partial charge in [0, 0.05) is 12.4 Å². The number of alkyl halides is 1. The first-order valence-electron chi connectivity index (χ1n) is 6.16. The summed E-state index contributed by atoms with van der Waals surface area (Å²) in [6.07, 6.45) is 2.03. The van der Waals surface area contributed by atoms with Gasteiger partial charge in [-0.2, -0.15) is 0 Å². The average Bonchev–Trinajstić information content (AvgIpc) is 2.42. The van der Waals surface area contributed by atoms with Gasteiger partial charge in [-0.25, -0.2) is 0 Å². The molecule has 0 aromatic heterocycles. The molecule has 1 aromatic rings. The molecule has 0 atom stereocenters. The highest BCUT2D eigenvalue weighted by molar-refractivity contribution is 6.17. The topological polar surface area (TPSA) is 21.7 Å². The summed E-state index contributed by atoms with van der Waals surface area (Å²) in [5, 5.41) is 0. The number of ether oxygens (including phenoxy) is 2. The van der Waals surface area contributed by atoms with Crippen molar-refractivity contribution in [1.82, 2.24) is 4.90 Å². The van der Waals surface area contributed by atoms with Crippen LogP contribution in [0.25, 0.3) is 0 Å². The number of nitrogens with zero attached hydrogens (tertiary/aromatic N) is 1. The molecule has 0 saturated heterocycles. The largest absolute Gasteiger partial charge is 0.493 e. The van der Waals surface area contributed by atoms with E-state index in [1.54, 1.807) is 14.2 Å². The molecule has 3 nitrogen and oxygen atoms in total. The molecule has 0 radical (unpaired) electrons. The second kappa shape index (κ2) is 10.2. The van der Waals surface area contributed by atoms with E-state index in [4.69, 9.17) is 21.1 Å². The van der Waals surface area contributed by atoms with Crippen LogP contribution in [0.15, 0.2) is 18.2 Å². The monoisotopic (exact) mass is 307 g/mol. The fraction of sp³-hybridized carbons (Fsp3) is 0.571. The number of likely N-dealkylation sites (N-methyl/N-ethyl adjacent to an activating group) is 1. The van der Waals surface area contributed by atoms with Gasteiger partial charge >= 0.3 is 0 Å². The maximum atomic E-state index is 5.68. The molecular weight excluding hydrogens is 285 g/mol. The van der Waals surface area contributed by atoms with E-state index in [1.807, 2.05) is 12.1 Å². The summed E-state index contributed by atoms with van der Waals surface area (Å²) in [6.45, 7) is 2.06. The first-order valence-corrected chi connectivity index (χ1v) is 6.70. The van der Waals surface area contributed by atoms with Crippen molar-refractivity contribution in [2.24, 2.45) is 0 Å². The van der Waals surface area contributed by atoms with Gasteiger partial charge in [0.05, 0.1) is 14.2 Å². The summed E-state index contributed by atoms with van der Waals surface area (Å²) >= 11 is 5.68. The molecule has 5 heteroatoms. The predicted octanol–water partition coefficient (Wildman–Crippen LogP) is 3.23. The highest BCUT2D eigenvalue weighted by atomic mass is 35.5. The van der Waals surface area contributed by atoms with Crippen molar-refractivity contribution >= 4 is 24.0 Å². The average molecular weight is 308 g/mol. The normalized spacial score (nSPS) is 10.2. The van der Waals surface area contributed by atoms with Crippen molar-refractivity contribution in [3.05, 3.63) is 23.8 Å². The van der Waals surface area contributed by atoms with Gasteiger partial charge < -0.3 is 14.4 Å². The molecule has 0 fully saturated rings. The number of hydrogen-bond donors (Lipinski definition) is 0. The minimum atomic E-state index is 0. The molecule has 0 saturated carbocycles. The standard InChI is InChI=1S/C14H22ClNO2.ClH/c1-16(9-4-8-15)10-7-12-5-6-13(17-2)14(11-12)18-3;/h5-6,11H,4,7-10H2,1-3H3;1H. The third-order valence-corrected chi connectivity index (χ3v) is 3.17. The van der Waals surface area contributed by atoms with Crippen LogP contribution in [0.1, 0.15) is 12.0 Å². The third kappa shape index (κ3) is 6.37. The Kier molecular flexibility index (Phi) is 9.84. The van der Waals surface area contributed by atoms with Gasteiger partial charge in [-0.1, -0.05) is 6.07 Å². The lowest BCUT2D eigenvalue weighted by Gasteiger charge is -2.16. The van der Waals surface area contributed by atoms with E-state index < -0.39 is 0 Å². The SMILES string of the molecule is COc1ccc(CCN(C)CCCCl)cc1OC.Cl. The fourth-order valence-corrected chi connectivity index (χ4v) is 1.92. The second-order valence-corrected chi connectivity index (χ2v) is 4.66. The maximum Gasteiger partial charge on any atom is 0.160 e. The smallest absolute Gasteiger partial charge is 0.160 e. The van der Waals surface area contributed by atoms with Crippen LogP contribution < -0.4 is 9.47 Å². The molecule has 1 rings (SSSR count). The highest BCUT2D eigenvalue weighted by Gasteiger charge is 2.05. The second-order valence-electron chi connectivity index (χ2n) is 4.29. The Morgan fingerprint density at radius 3 is 2.37 bits per heavy atom. The highest BCUT2D eigenvalue weighted by Crippen LogP contribution is 2.27. The zero-order valence-corrected chi connectivity index (χ0v) is 13.4. The van der Waals surface area contributed by atoms with E-state index in [2.05, 4.69) is 18.0 Å². The van der Waals surface area contributed by atoms with Crippen molar-refractivity contribution in [2.45, 2.75) is 12.8 Å². The van der Waals surface area contributed by atoms with E-state index in [9.17, 15) is 0 Å². The zero-order chi connectivity index (χ0) is 13.4. The van der Waals surface area contributed by atoms with Gasteiger partial charge in [0.2, 0.25) is 0 Å². The Balaban J connectivity index is 0.00000324. The number of hydrogen-bond acceptors (Lipinski definition) is 3. The van der Waals surface area contributed by atoms with Gasteiger partial charge in [0.25, 0.3) is 0 Å². The van der Waals surface area contributed by atoms with Crippen LogP contribution in [-0.4, -0.2) is 45.1 Å². The molecule has 0 aliphatic rings. The minimum Gasteiger partial charge on any atom is -0.493 e. The van der Waals surface area contributed by atoms with Crippen LogP contribution in [0.3, 0.4) is 0 Å². The van der Waals surface area contributed by atoms with E-state index in [-0.39, 0.29) is 12.4 Å². The van der Waals surface area contributed by atoms with Crippen LogP contribution in [0, 0.1) is 0 Å². The van der Waals surface area contributed by atoms with Crippen molar-refractivity contribution in [3.8, 4) is 11.5 Å². The Morgan fingerprint density at radius 2 is 1.79 bits per heavy atom. The molecule has 0 heterocycles. The fourth-order valence-electron chi connectivity index (χ4n) is 1.80. The molecule has 0 unspecified atom stereocenters. The van der Waals surface area contributed by atoms with Gasteiger partial charge in [-0.3, -0.25) is 0 Å². The molecule has 1 aromatic carbocycles. The summed E-state index contributed by atoms with van der Waals surface area (Å²) in [6, 6.07) is 6.07. The first kappa shape index (κ1) is 18.4. The Morgan fingerprint density at radius 1 is 1.11 bits per heavy atom. The number of methoxy groups -OCH3 is 2. The van der Waals surface area contributed by atoms with Crippen molar-refractivity contribution in [3.63, 3.8) is 0 Å². The third-order valence-electron chi connectivity index (χ3n) is 2.90. The maximum absolute atomic E-state index is 5.68. The summed E-state index contributed by atoms with van der Waals surface area (Å²) < 4.78 is 10.5. The lowest BCUT2D eigenvalue weighted by Crippen LogP contribution is -2.22. The van der Waals surface area contributed by atoms with Crippen molar-refractivity contribution in [2.75, 3.05) is 40.2 Å². The molecule has 0 N–H and O–H groups in total. The predicted molar refractivity (Wildman–Crippen MR) is 83.3 cm³/mol. The lowest BCUT2D eigenvalue weighted by molar-refractivity contribution is 0.338. The quantitative estimate of drug-likeness (QED) is 0.688. The summed E-state index contributed by atoms with van der Waals surface area (Å²) in [5.41, 5.74) is 1.25. The van der Waals surface area contributed by atoms with Crippen LogP contribution in [0.5, 0.6) is 11.5 Å². The van der Waals surface area contributed by atoms with Gasteiger partial charge in [-0.15, -0.1) is 24.0 Å². The summed E-state index contributed by atoms with van der Waals surface area (Å²) in [7, 11) is 5.43. The van der Waals surface area contributed by atoms with Crippen LogP contribution in [-0.2, 0) is 6.42 Å². The van der Waals surface area contributed by atoms with Crippen LogP contribution in [0.2, 0.25) is 0 Å². The van der Waals surface area contributed by atoms with E-state index >= 15 is 0 Å². The van der Waals surface area contributed by atoms with Gasteiger partial charge in [0.15, 0.2) is 11.5 Å². The molecule has 110 valence electrons. The first-order chi connectivity index (χ1) is 8.71. The molecule has 0 aliphatic heterocycles. The molecule has 0 spiro atoms. The van der Waals surface area contributed by atoms with Crippen LogP contribution in [0.4, 0.5) is 0 Å². The summed E-state index contributed by atoms with van der Waals surface area (Å²) in [5.74, 6) is 2.29. The molecule has 0 bridgehead atoms. The summed E-state index contributed by atoms with van der Waals surface area (Å²) in [4.78, 5) is 2.29. The molecule has 0 aliphatic carbocycles.